The van der Waals surface area contributed by atoms with E-state index in [1.165, 1.54) is 51.7 Å². The first-order valence-corrected chi connectivity index (χ1v) is 9.69. The van der Waals surface area contributed by atoms with Gasteiger partial charge in [-0.1, -0.05) is 18.2 Å². The lowest BCUT2D eigenvalue weighted by Crippen LogP contribution is -2.03. The molecule has 2 aromatic carbocycles. The van der Waals surface area contributed by atoms with E-state index in [0.29, 0.717) is 22.8 Å². The highest BCUT2D eigenvalue weighted by Gasteiger charge is 2.18. The molecular weight excluding hydrogens is 380 g/mol. The molecule has 0 aliphatic heterocycles. The van der Waals surface area contributed by atoms with Crippen LogP contribution < -0.4 is 14.2 Å². The standard InChI is InChI=1S/C18H17ClO6S/c1-23-15-10-12(11-16(24-2)18(15)25-3)8-9-14(20)13-6-4-5-7-17(13)26(19,21)22/h4-11H,1-3H3. The van der Waals surface area contributed by atoms with E-state index >= 15 is 0 Å². The second-order valence-electron chi connectivity index (χ2n) is 5.09. The number of allylic oxidation sites excluding steroid dienone is 1. The van der Waals surface area contributed by atoms with E-state index in [4.69, 9.17) is 24.9 Å². The maximum atomic E-state index is 12.4. The monoisotopic (exact) mass is 396 g/mol. The number of hydrogen-bond donors (Lipinski definition) is 0. The summed E-state index contributed by atoms with van der Waals surface area (Å²) < 4.78 is 39.0. The van der Waals surface area contributed by atoms with Crippen LogP contribution in [0.3, 0.4) is 0 Å². The lowest BCUT2D eigenvalue weighted by Gasteiger charge is -2.12. The van der Waals surface area contributed by atoms with E-state index in [1.54, 1.807) is 18.2 Å². The van der Waals surface area contributed by atoms with Crippen molar-refractivity contribution in [2.75, 3.05) is 21.3 Å². The predicted octanol–water partition coefficient (Wildman–Crippen LogP) is 3.54. The molecule has 0 bridgehead atoms. The molecule has 26 heavy (non-hydrogen) atoms. The van der Waals surface area contributed by atoms with Crippen molar-refractivity contribution in [2.45, 2.75) is 4.90 Å². The zero-order valence-electron chi connectivity index (χ0n) is 14.4. The van der Waals surface area contributed by atoms with E-state index in [9.17, 15) is 13.2 Å². The van der Waals surface area contributed by atoms with Crippen molar-refractivity contribution in [1.82, 2.24) is 0 Å². The van der Waals surface area contributed by atoms with Crippen LogP contribution in [0.15, 0.2) is 47.4 Å². The third-order valence-corrected chi connectivity index (χ3v) is 4.91. The highest BCUT2D eigenvalue weighted by Crippen LogP contribution is 2.38. The number of methoxy groups -OCH3 is 3. The molecule has 6 nitrogen and oxygen atoms in total. The van der Waals surface area contributed by atoms with Gasteiger partial charge in [0.2, 0.25) is 5.75 Å². The molecule has 0 aromatic heterocycles. The van der Waals surface area contributed by atoms with Gasteiger partial charge in [-0.3, -0.25) is 4.79 Å². The Morgan fingerprint density at radius 1 is 1.00 bits per heavy atom. The van der Waals surface area contributed by atoms with Crippen molar-refractivity contribution in [3.05, 3.63) is 53.6 Å². The van der Waals surface area contributed by atoms with Crippen molar-refractivity contribution in [3.8, 4) is 17.2 Å². The number of halogens is 1. The topological polar surface area (TPSA) is 78.9 Å². The Kier molecular flexibility index (Phi) is 6.28. The summed E-state index contributed by atoms with van der Waals surface area (Å²) >= 11 is 0. The summed E-state index contributed by atoms with van der Waals surface area (Å²) in [7, 11) is 5.81. The van der Waals surface area contributed by atoms with Crippen LogP contribution in [-0.2, 0) is 9.05 Å². The van der Waals surface area contributed by atoms with Gasteiger partial charge in [-0.05, 0) is 35.9 Å². The van der Waals surface area contributed by atoms with Crippen molar-refractivity contribution >= 4 is 31.6 Å². The van der Waals surface area contributed by atoms with Gasteiger partial charge >= 0.3 is 0 Å². The molecule has 0 unspecified atom stereocenters. The summed E-state index contributed by atoms with van der Waals surface area (Å²) in [6, 6.07) is 9.06. The maximum absolute atomic E-state index is 12.4. The van der Waals surface area contributed by atoms with Crippen molar-refractivity contribution in [1.29, 1.82) is 0 Å². The number of ether oxygens (including phenoxy) is 3. The van der Waals surface area contributed by atoms with Gasteiger partial charge in [-0.2, -0.15) is 0 Å². The maximum Gasteiger partial charge on any atom is 0.262 e. The van der Waals surface area contributed by atoms with Crippen LogP contribution in [0.1, 0.15) is 15.9 Å². The molecule has 0 radical (unpaired) electrons. The first kappa shape index (κ1) is 19.8. The molecule has 0 spiro atoms. The van der Waals surface area contributed by atoms with Gasteiger partial charge in [-0.25, -0.2) is 8.42 Å². The van der Waals surface area contributed by atoms with Crippen LogP contribution in [0, 0.1) is 0 Å². The number of ketones is 1. The predicted molar refractivity (Wildman–Crippen MR) is 98.9 cm³/mol. The summed E-state index contributed by atoms with van der Waals surface area (Å²) in [4.78, 5) is 12.2. The molecule has 0 saturated carbocycles. The Hall–Kier alpha value is -2.51. The third-order valence-electron chi connectivity index (χ3n) is 3.53. The second-order valence-corrected chi connectivity index (χ2v) is 7.62. The summed E-state index contributed by atoms with van der Waals surface area (Å²) in [5.41, 5.74) is 0.602. The van der Waals surface area contributed by atoms with Crippen molar-refractivity contribution < 1.29 is 27.4 Å². The van der Waals surface area contributed by atoms with E-state index in [-0.39, 0.29) is 10.5 Å². The average molecular weight is 397 g/mol. The number of rotatable bonds is 7. The summed E-state index contributed by atoms with van der Waals surface area (Å²) in [6.07, 6.45) is 2.77. The molecule has 8 heteroatoms. The van der Waals surface area contributed by atoms with Gasteiger partial charge < -0.3 is 14.2 Å². The number of carbonyl (C=O) groups excluding carboxylic acids is 1. The third kappa shape index (κ3) is 4.36. The molecule has 138 valence electrons. The Bertz CT molecular complexity index is 925. The largest absolute Gasteiger partial charge is 0.493 e. The highest BCUT2D eigenvalue weighted by molar-refractivity contribution is 8.13. The smallest absolute Gasteiger partial charge is 0.262 e. The van der Waals surface area contributed by atoms with Crippen LogP contribution in [0.2, 0.25) is 0 Å². The lowest BCUT2D eigenvalue weighted by atomic mass is 10.1. The molecule has 2 rings (SSSR count). The van der Waals surface area contributed by atoms with Crippen LogP contribution in [0.25, 0.3) is 6.08 Å². The molecule has 0 amide bonds. The Labute approximate surface area is 156 Å². The van der Waals surface area contributed by atoms with Crippen LogP contribution in [-0.4, -0.2) is 35.5 Å². The quantitative estimate of drug-likeness (QED) is 0.404. The van der Waals surface area contributed by atoms with Gasteiger partial charge in [-0.15, -0.1) is 0 Å². The van der Waals surface area contributed by atoms with Gasteiger partial charge in [0.05, 0.1) is 26.2 Å². The number of hydrogen-bond acceptors (Lipinski definition) is 6. The lowest BCUT2D eigenvalue weighted by molar-refractivity contribution is 0.104. The highest BCUT2D eigenvalue weighted by atomic mass is 35.7. The summed E-state index contributed by atoms with van der Waals surface area (Å²) in [5, 5.41) is 0. The first-order chi connectivity index (χ1) is 12.3. The fraction of sp³-hybridized carbons (Fsp3) is 0.167. The Morgan fingerprint density at radius 3 is 2.08 bits per heavy atom. The van der Waals surface area contributed by atoms with Gasteiger partial charge in [0, 0.05) is 16.2 Å². The van der Waals surface area contributed by atoms with Crippen LogP contribution in [0.5, 0.6) is 17.2 Å². The Balaban J connectivity index is 2.41. The number of carbonyl (C=O) groups is 1. The minimum atomic E-state index is -4.03. The summed E-state index contributed by atoms with van der Waals surface area (Å²) in [5.74, 6) is 0.793. The minimum Gasteiger partial charge on any atom is -0.493 e. The van der Waals surface area contributed by atoms with Crippen molar-refractivity contribution in [3.63, 3.8) is 0 Å². The fourth-order valence-corrected chi connectivity index (χ4v) is 3.42. The molecule has 2 aromatic rings. The zero-order chi connectivity index (χ0) is 19.3. The van der Waals surface area contributed by atoms with E-state index < -0.39 is 14.8 Å². The molecule has 0 saturated heterocycles. The van der Waals surface area contributed by atoms with E-state index in [1.807, 2.05) is 0 Å². The minimum absolute atomic E-state index is 0.00816. The second kappa shape index (κ2) is 8.25. The first-order valence-electron chi connectivity index (χ1n) is 7.38. The fourth-order valence-electron chi connectivity index (χ4n) is 2.34. The summed E-state index contributed by atoms with van der Waals surface area (Å²) in [6.45, 7) is 0. The normalized spacial score (nSPS) is 11.4. The number of benzene rings is 2. The SMILES string of the molecule is COc1cc(C=CC(=O)c2ccccc2S(=O)(=O)Cl)cc(OC)c1OC. The van der Waals surface area contributed by atoms with Crippen LogP contribution >= 0.6 is 10.7 Å². The molecule has 0 atom stereocenters. The average Bonchev–Trinajstić information content (AvgIpc) is 2.64. The Morgan fingerprint density at radius 2 is 1.58 bits per heavy atom. The molecule has 0 aliphatic carbocycles. The zero-order valence-corrected chi connectivity index (χ0v) is 15.9. The van der Waals surface area contributed by atoms with Gasteiger partial charge in [0.15, 0.2) is 17.3 Å². The molecule has 0 fully saturated rings. The molecule has 0 N–H and O–H groups in total. The van der Waals surface area contributed by atoms with Crippen LogP contribution in [0.4, 0.5) is 0 Å². The van der Waals surface area contributed by atoms with E-state index in [0.717, 1.165) is 0 Å². The van der Waals surface area contributed by atoms with Crippen molar-refractivity contribution in [2.24, 2.45) is 0 Å². The molecule has 0 heterocycles. The molecule has 0 aliphatic rings. The molecular formula is C18H17ClO6S. The van der Waals surface area contributed by atoms with Gasteiger partial charge in [0.25, 0.3) is 9.05 Å². The van der Waals surface area contributed by atoms with E-state index in [2.05, 4.69) is 0 Å². The van der Waals surface area contributed by atoms with Gasteiger partial charge in [0.1, 0.15) is 0 Å².